The summed E-state index contributed by atoms with van der Waals surface area (Å²) in [5, 5.41) is 9.16. The predicted molar refractivity (Wildman–Crippen MR) is 43.9 cm³/mol. The number of allylic oxidation sites excluding steroid dienone is 2. The first-order valence-electron chi connectivity index (χ1n) is 3.02. The Morgan fingerprint density at radius 3 is 2.36 bits per heavy atom. The van der Waals surface area contributed by atoms with Gasteiger partial charge in [-0.25, -0.2) is 0 Å². The molecule has 0 fully saturated rings. The second-order valence-electron chi connectivity index (χ2n) is 2.08. The number of aliphatic hydroxyl groups excluding tert-OH is 1. The van der Waals surface area contributed by atoms with Crippen molar-refractivity contribution in [3.05, 3.63) is 36.1 Å². The molecular formula is C8H11NO2. The lowest BCUT2D eigenvalue weighted by molar-refractivity contribution is -0.114. The second kappa shape index (κ2) is 3.61. The van der Waals surface area contributed by atoms with Crippen LogP contribution in [-0.2, 0) is 4.79 Å². The van der Waals surface area contributed by atoms with Crippen molar-refractivity contribution in [1.82, 2.24) is 0 Å². The average Bonchev–Trinajstić information content (AvgIpc) is 2.00. The molecule has 0 atom stereocenters. The van der Waals surface area contributed by atoms with E-state index in [1.54, 1.807) is 6.92 Å². The van der Waals surface area contributed by atoms with E-state index in [0.29, 0.717) is 5.57 Å². The molecule has 3 nitrogen and oxygen atoms in total. The van der Waals surface area contributed by atoms with E-state index in [2.05, 4.69) is 13.2 Å². The van der Waals surface area contributed by atoms with Gasteiger partial charge in [0.05, 0.1) is 5.57 Å². The summed E-state index contributed by atoms with van der Waals surface area (Å²) in [7, 11) is 0. The van der Waals surface area contributed by atoms with Gasteiger partial charge in [0.25, 0.3) is 5.91 Å². The highest BCUT2D eigenvalue weighted by Gasteiger charge is 2.07. The molecule has 0 aliphatic rings. The predicted octanol–water partition coefficient (Wildman–Crippen LogP) is 1.05. The van der Waals surface area contributed by atoms with Gasteiger partial charge in [-0.1, -0.05) is 19.2 Å². The summed E-state index contributed by atoms with van der Waals surface area (Å²) in [6.07, 6.45) is 1.42. The van der Waals surface area contributed by atoms with Crippen LogP contribution in [0.25, 0.3) is 0 Å². The molecular weight excluding hydrogens is 142 g/mol. The van der Waals surface area contributed by atoms with Crippen LogP contribution in [0, 0.1) is 0 Å². The topological polar surface area (TPSA) is 63.3 Å². The molecule has 60 valence electrons. The zero-order valence-electron chi connectivity index (χ0n) is 6.42. The molecule has 0 aromatic rings. The monoisotopic (exact) mass is 153 g/mol. The smallest absolute Gasteiger partial charge is 0.251 e. The molecule has 0 saturated heterocycles. The highest BCUT2D eigenvalue weighted by atomic mass is 16.3. The SMILES string of the molecule is C=C/C(C)=C(\O)C(=C)C(N)=O. The van der Waals surface area contributed by atoms with E-state index in [-0.39, 0.29) is 11.3 Å². The van der Waals surface area contributed by atoms with E-state index in [9.17, 15) is 4.79 Å². The van der Waals surface area contributed by atoms with Gasteiger partial charge in [-0.3, -0.25) is 4.79 Å². The minimum Gasteiger partial charge on any atom is -0.507 e. The van der Waals surface area contributed by atoms with Crippen molar-refractivity contribution in [2.24, 2.45) is 5.73 Å². The number of carbonyl (C=O) groups is 1. The Morgan fingerprint density at radius 1 is 1.64 bits per heavy atom. The number of amides is 1. The summed E-state index contributed by atoms with van der Waals surface area (Å²) in [6.45, 7) is 8.31. The molecule has 1 amide bonds. The lowest BCUT2D eigenvalue weighted by atomic mass is 10.1. The highest BCUT2D eigenvalue weighted by molar-refractivity contribution is 5.95. The highest BCUT2D eigenvalue weighted by Crippen LogP contribution is 2.09. The fourth-order valence-electron chi connectivity index (χ4n) is 0.451. The van der Waals surface area contributed by atoms with Crippen LogP contribution in [0.1, 0.15) is 6.92 Å². The van der Waals surface area contributed by atoms with Crippen LogP contribution >= 0.6 is 0 Å². The van der Waals surface area contributed by atoms with E-state index in [4.69, 9.17) is 10.8 Å². The van der Waals surface area contributed by atoms with Crippen LogP contribution < -0.4 is 5.73 Å². The number of hydrogen-bond donors (Lipinski definition) is 2. The lowest BCUT2D eigenvalue weighted by Crippen LogP contribution is -2.15. The first-order chi connectivity index (χ1) is 5.00. The minimum atomic E-state index is -0.733. The van der Waals surface area contributed by atoms with Gasteiger partial charge in [-0.05, 0) is 12.5 Å². The van der Waals surface area contributed by atoms with Crippen molar-refractivity contribution in [2.75, 3.05) is 0 Å². The molecule has 3 heteroatoms. The Labute approximate surface area is 65.5 Å². The maximum atomic E-state index is 10.5. The Kier molecular flexibility index (Phi) is 3.11. The minimum absolute atomic E-state index is 0.0950. The third kappa shape index (κ3) is 2.29. The van der Waals surface area contributed by atoms with Crippen molar-refractivity contribution in [1.29, 1.82) is 0 Å². The lowest BCUT2D eigenvalue weighted by Gasteiger charge is -2.01. The molecule has 0 heterocycles. The number of primary amides is 1. The van der Waals surface area contributed by atoms with E-state index in [1.807, 2.05) is 0 Å². The maximum Gasteiger partial charge on any atom is 0.251 e. The van der Waals surface area contributed by atoms with Gasteiger partial charge >= 0.3 is 0 Å². The van der Waals surface area contributed by atoms with Crippen molar-refractivity contribution >= 4 is 5.91 Å². The van der Waals surface area contributed by atoms with Gasteiger partial charge in [0, 0.05) is 0 Å². The van der Waals surface area contributed by atoms with Crippen molar-refractivity contribution in [3.8, 4) is 0 Å². The number of nitrogens with two attached hydrogens (primary N) is 1. The summed E-state index contributed by atoms with van der Waals surface area (Å²) in [5.74, 6) is -0.934. The Balaban J connectivity index is 4.74. The Morgan fingerprint density at radius 2 is 2.09 bits per heavy atom. The van der Waals surface area contributed by atoms with Crippen molar-refractivity contribution in [2.45, 2.75) is 6.92 Å². The van der Waals surface area contributed by atoms with E-state index >= 15 is 0 Å². The first kappa shape index (κ1) is 9.49. The van der Waals surface area contributed by atoms with Gasteiger partial charge < -0.3 is 10.8 Å². The van der Waals surface area contributed by atoms with Crippen LogP contribution in [0.4, 0.5) is 0 Å². The first-order valence-corrected chi connectivity index (χ1v) is 3.02. The summed E-state index contributed by atoms with van der Waals surface area (Å²) >= 11 is 0. The van der Waals surface area contributed by atoms with E-state index < -0.39 is 5.91 Å². The van der Waals surface area contributed by atoms with Crippen LogP contribution in [0.5, 0.6) is 0 Å². The maximum absolute atomic E-state index is 10.5. The van der Waals surface area contributed by atoms with Gasteiger partial charge in [0.1, 0.15) is 5.76 Å². The molecule has 0 aromatic carbocycles. The van der Waals surface area contributed by atoms with E-state index in [0.717, 1.165) is 0 Å². The van der Waals surface area contributed by atoms with Crippen molar-refractivity contribution < 1.29 is 9.90 Å². The zero-order valence-corrected chi connectivity index (χ0v) is 6.42. The largest absolute Gasteiger partial charge is 0.507 e. The third-order valence-corrected chi connectivity index (χ3v) is 1.26. The fraction of sp³-hybridized carbons (Fsp3) is 0.125. The van der Waals surface area contributed by atoms with Crippen LogP contribution in [-0.4, -0.2) is 11.0 Å². The molecule has 0 unspecified atom stereocenters. The van der Waals surface area contributed by atoms with Gasteiger partial charge in [0.15, 0.2) is 0 Å². The number of carbonyl (C=O) groups excluding carboxylic acids is 1. The quantitative estimate of drug-likeness (QED) is 0.361. The Hall–Kier alpha value is -1.51. The number of hydrogen-bond acceptors (Lipinski definition) is 2. The number of rotatable bonds is 3. The van der Waals surface area contributed by atoms with Gasteiger partial charge in [-0.2, -0.15) is 0 Å². The molecule has 0 aromatic heterocycles. The number of aliphatic hydroxyl groups is 1. The van der Waals surface area contributed by atoms with Gasteiger partial charge in [0.2, 0.25) is 0 Å². The standard InChI is InChI=1S/C8H11NO2/c1-4-5(2)7(10)6(3)8(9)11/h4,10H,1,3H2,2H3,(H2,9,11)/b7-5-. The summed E-state index contributed by atoms with van der Waals surface area (Å²) < 4.78 is 0. The summed E-state index contributed by atoms with van der Waals surface area (Å²) in [6, 6.07) is 0. The third-order valence-electron chi connectivity index (χ3n) is 1.26. The molecule has 0 spiro atoms. The molecule has 11 heavy (non-hydrogen) atoms. The average molecular weight is 153 g/mol. The second-order valence-corrected chi connectivity index (χ2v) is 2.08. The summed E-state index contributed by atoms with van der Waals surface area (Å²) in [5.41, 5.74) is 5.25. The molecule has 3 N–H and O–H groups in total. The molecule has 0 aliphatic carbocycles. The molecule has 0 rings (SSSR count). The molecule has 0 saturated carbocycles. The molecule has 0 radical (unpaired) electrons. The normalized spacial score (nSPS) is 11.7. The van der Waals surface area contributed by atoms with Gasteiger partial charge in [-0.15, -0.1) is 0 Å². The van der Waals surface area contributed by atoms with Crippen LogP contribution in [0.2, 0.25) is 0 Å². The van der Waals surface area contributed by atoms with Crippen molar-refractivity contribution in [3.63, 3.8) is 0 Å². The molecule has 0 aliphatic heterocycles. The van der Waals surface area contributed by atoms with Crippen LogP contribution in [0.15, 0.2) is 36.1 Å². The Bertz CT molecular complexity index is 238. The zero-order chi connectivity index (χ0) is 9.02. The van der Waals surface area contributed by atoms with Crippen LogP contribution in [0.3, 0.4) is 0 Å². The van der Waals surface area contributed by atoms with E-state index in [1.165, 1.54) is 6.08 Å². The summed E-state index contributed by atoms with van der Waals surface area (Å²) in [4.78, 5) is 10.5. The molecule has 0 bridgehead atoms. The fourth-order valence-corrected chi connectivity index (χ4v) is 0.451.